The first kappa shape index (κ1) is 11.4. The van der Waals surface area contributed by atoms with Crippen LogP contribution in [0.25, 0.3) is 0 Å². The van der Waals surface area contributed by atoms with Gasteiger partial charge in [0.25, 0.3) is 0 Å². The van der Waals surface area contributed by atoms with Crippen LogP contribution < -0.4 is 0 Å². The second-order valence-electron chi connectivity index (χ2n) is 5.13. The standard InChI is InChI=1S/C15H21N/c1-9-8-15-14(7-6-10(2)16-15)13(5)12(4)11(9)3/h10H,4,6-8H2,1-3,5H3. The molecule has 2 aliphatic rings. The lowest BCUT2D eigenvalue weighted by molar-refractivity contribution is 0.648. The molecule has 0 saturated heterocycles. The zero-order valence-electron chi connectivity index (χ0n) is 10.9. The Kier molecular flexibility index (Phi) is 2.88. The largest absolute Gasteiger partial charge is 0.286 e. The smallest absolute Gasteiger partial charge is 0.0478 e. The molecule has 86 valence electrons. The molecule has 0 bridgehead atoms. The van der Waals surface area contributed by atoms with Crippen LogP contribution >= 0.6 is 0 Å². The zero-order chi connectivity index (χ0) is 11.9. The number of hydrogen-bond donors (Lipinski definition) is 0. The Morgan fingerprint density at radius 2 is 1.88 bits per heavy atom. The van der Waals surface area contributed by atoms with Crippen molar-refractivity contribution in [1.82, 2.24) is 0 Å². The van der Waals surface area contributed by atoms with E-state index in [0.29, 0.717) is 6.04 Å². The summed E-state index contributed by atoms with van der Waals surface area (Å²) in [6.45, 7) is 13.0. The molecule has 0 radical (unpaired) electrons. The summed E-state index contributed by atoms with van der Waals surface area (Å²) in [6, 6.07) is 0.492. The highest BCUT2D eigenvalue weighted by Crippen LogP contribution is 2.34. The molecule has 0 aromatic rings. The van der Waals surface area contributed by atoms with E-state index < -0.39 is 0 Å². The highest BCUT2D eigenvalue weighted by molar-refractivity contribution is 6.04. The van der Waals surface area contributed by atoms with Crippen molar-refractivity contribution in [2.24, 2.45) is 4.99 Å². The Balaban J connectivity index is 2.55. The minimum Gasteiger partial charge on any atom is -0.286 e. The quantitative estimate of drug-likeness (QED) is 0.573. The molecule has 0 aromatic carbocycles. The van der Waals surface area contributed by atoms with E-state index in [2.05, 4.69) is 34.3 Å². The van der Waals surface area contributed by atoms with Gasteiger partial charge in [-0.2, -0.15) is 0 Å². The first-order valence-electron chi connectivity index (χ1n) is 6.13. The summed E-state index contributed by atoms with van der Waals surface area (Å²) in [5.74, 6) is 0. The van der Waals surface area contributed by atoms with Crippen molar-refractivity contribution in [2.75, 3.05) is 0 Å². The van der Waals surface area contributed by atoms with Crippen molar-refractivity contribution in [3.05, 3.63) is 34.4 Å². The molecule has 1 aliphatic carbocycles. The summed E-state index contributed by atoms with van der Waals surface area (Å²) in [4.78, 5) is 4.82. The first-order valence-corrected chi connectivity index (χ1v) is 6.13. The second kappa shape index (κ2) is 4.04. The van der Waals surface area contributed by atoms with E-state index >= 15 is 0 Å². The molecule has 16 heavy (non-hydrogen) atoms. The lowest BCUT2D eigenvalue weighted by Crippen LogP contribution is -2.16. The molecule has 1 heterocycles. The Bertz CT molecular complexity index is 432. The fraction of sp³-hybridized carbons (Fsp3) is 0.533. The molecule has 0 fully saturated rings. The van der Waals surface area contributed by atoms with Crippen molar-refractivity contribution >= 4 is 5.71 Å². The van der Waals surface area contributed by atoms with Gasteiger partial charge in [0, 0.05) is 18.2 Å². The van der Waals surface area contributed by atoms with Crippen LogP contribution in [0.1, 0.15) is 47.0 Å². The van der Waals surface area contributed by atoms with E-state index in [-0.39, 0.29) is 0 Å². The van der Waals surface area contributed by atoms with E-state index in [0.717, 1.165) is 6.42 Å². The number of hydrogen-bond acceptors (Lipinski definition) is 1. The predicted octanol–water partition coefficient (Wildman–Crippen LogP) is 4.22. The van der Waals surface area contributed by atoms with Gasteiger partial charge in [0.05, 0.1) is 0 Å². The van der Waals surface area contributed by atoms with Gasteiger partial charge in [0.15, 0.2) is 0 Å². The number of allylic oxidation sites excluding steroid dienone is 5. The summed E-state index contributed by atoms with van der Waals surface area (Å²) in [7, 11) is 0. The van der Waals surface area contributed by atoms with Gasteiger partial charge in [0.2, 0.25) is 0 Å². The maximum Gasteiger partial charge on any atom is 0.0478 e. The summed E-state index contributed by atoms with van der Waals surface area (Å²) in [5, 5.41) is 0. The van der Waals surface area contributed by atoms with Crippen LogP contribution in [-0.2, 0) is 0 Å². The second-order valence-corrected chi connectivity index (χ2v) is 5.13. The fourth-order valence-corrected chi connectivity index (χ4v) is 2.57. The molecule has 1 unspecified atom stereocenters. The lowest BCUT2D eigenvalue weighted by atomic mass is 9.91. The van der Waals surface area contributed by atoms with Crippen molar-refractivity contribution in [2.45, 2.75) is 53.0 Å². The van der Waals surface area contributed by atoms with Crippen molar-refractivity contribution < 1.29 is 0 Å². The van der Waals surface area contributed by atoms with Crippen molar-refractivity contribution in [1.29, 1.82) is 0 Å². The summed E-state index contributed by atoms with van der Waals surface area (Å²) < 4.78 is 0. The van der Waals surface area contributed by atoms with Crippen LogP contribution in [0.15, 0.2) is 39.4 Å². The molecule has 1 aliphatic heterocycles. The third-order valence-corrected chi connectivity index (χ3v) is 3.97. The topological polar surface area (TPSA) is 12.4 Å². The highest BCUT2D eigenvalue weighted by atomic mass is 14.8. The molecule has 2 rings (SSSR count). The summed E-state index contributed by atoms with van der Waals surface area (Å²) in [5.41, 5.74) is 8.13. The number of fused-ring (bicyclic) bond motifs is 1. The first-order chi connectivity index (χ1) is 7.50. The number of rotatable bonds is 0. The SMILES string of the molecule is C=C1C(C)=C(C)CC2=NC(C)CCC2=C1C. The molecule has 1 nitrogen and oxygen atoms in total. The van der Waals surface area contributed by atoms with Gasteiger partial charge in [-0.15, -0.1) is 0 Å². The van der Waals surface area contributed by atoms with E-state index in [1.54, 1.807) is 0 Å². The van der Waals surface area contributed by atoms with Gasteiger partial charge in [0.1, 0.15) is 0 Å². The minimum atomic E-state index is 0.492. The normalized spacial score (nSPS) is 26.6. The van der Waals surface area contributed by atoms with Crippen LogP contribution in [0.2, 0.25) is 0 Å². The van der Waals surface area contributed by atoms with Gasteiger partial charge >= 0.3 is 0 Å². The van der Waals surface area contributed by atoms with Crippen LogP contribution in [0.4, 0.5) is 0 Å². The van der Waals surface area contributed by atoms with Gasteiger partial charge in [-0.1, -0.05) is 12.2 Å². The molecule has 0 amide bonds. The van der Waals surface area contributed by atoms with Crippen LogP contribution in [-0.4, -0.2) is 11.8 Å². The third-order valence-electron chi connectivity index (χ3n) is 3.97. The summed E-state index contributed by atoms with van der Waals surface area (Å²) in [6.07, 6.45) is 3.37. The van der Waals surface area contributed by atoms with Crippen LogP contribution in [0.3, 0.4) is 0 Å². The fourth-order valence-electron chi connectivity index (χ4n) is 2.57. The number of aliphatic imine (C=N–C) groups is 1. The van der Waals surface area contributed by atoms with E-state index in [4.69, 9.17) is 4.99 Å². The third kappa shape index (κ3) is 1.79. The van der Waals surface area contributed by atoms with Crippen LogP contribution in [0.5, 0.6) is 0 Å². The zero-order valence-corrected chi connectivity index (χ0v) is 10.9. The monoisotopic (exact) mass is 215 g/mol. The molecule has 0 saturated carbocycles. The van der Waals surface area contributed by atoms with E-state index in [1.165, 1.54) is 46.4 Å². The average molecular weight is 215 g/mol. The molecule has 1 atom stereocenters. The predicted molar refractivity (Wildman–Crippen MR) is 71.0 cm³/mol. The molecule has 1 heteroatoms. The molecular formula is C15H21N. The molecule has 0 aromatic heterocycles. The van der Waals surface area contributed by atoms with E-state index in [1.807, 2.05) is 0 Å². The Morgan fingerprint density at radius 3 is 2.56 bits per heavy atom. The molecule has 0 spiro atoms. The van der Waals surface area contributed by atoms with Crippen LogP contribution in [0, 0.1) is 0 Å². The van der Waals surface area contributed by atoms with E-state index in [9.17, 15) is 0 Å². The Labute approximate surface area is 98.7 Å². The van der Waals surface area contributed by atoms with Gasteiger partial charge < -0.3 is 0 Å². The maximum absolute atomic E-state index is 4.82. The molecular weight excluding hydrogens is 194 g/mol. The minimum absolute atomic E-state index is 0.492. The van der Waals surface area contributed by atoms with Gasteiger partial charge in [-0.3, -0.25) is 4.99 Å². The van der Waals surface area contributed by atoms with Gasteiger partial charge in [-0.05, 0) is 62.8 Å². The lowest BCUT2D eigenvalue weighted by Gasteiger charge is -2.21. The average Bonchev–Trinajstić information content (AvgIpc) is 2.32. The summed E-state index contributed by atoms with van der Waals surface area (Å²) >= 11 is 0. The maximum atomic E-state index is 4.82. The molecule has 0 N–H and O–H groups in total. The Hall–Kier alpha value is -1.11. The number of nitrogens with zero attached hydrogens (tertiary/aromatic N) is 1. The van der Waals surface area contributed by atoms with Crippen molar-refractivity contribution in [3.63, 3.8) is 0 Å². The Morgan fingerprint density at radius 1 is 1.19 bits per heavy atom. The van der Waals surface area contributed by atoms with Crippen molar-refractivity contribution in [3.8, 4) is 0 Å². The van der Waals surface area contributed by atoms with Gasteiger partial charge in [-0.25, -0.2) is 0 Å². The highest BCUT2D eigenvalue weighted by Gasteiger charge is 2.23.